The lowest BCUT2D eigenvalue weighted by Gasteiger charge is -2.25. The van der Waals surface area contributed by atoms with Gasteiger partial charge in [-0.15, -0.1) is 0 Å². The van der Waals surface area contributed by atoms with Gasteiger partial charge in [-0.1, -0.05) is 35.5 Å². The zero-order valence-corrected chi connectivity index (χ0v) is 19.4. The van der Waals surface area contributed by atoms with Gasteiger partial charge in [-0.3, -0.25) is 4.79 Å². The van der Waals surface area contributed by atoms with Crippen molar-refractivity contribution in [1.29, 1.82) is 0 Å². The molecule has 2 N–H and O–H groups in total. The Kier molecular flexibility index (Phi) is 6.27. The molecule has 9 heteroatoms. The summed E-state index contributed by atoms with van der Waals surface area (Å²) < 4.78 is 12.8. The van der Waals surface area contributed by atoms with E-state index in [1.807, 2.05) is 48.9 Å². The number of fused-ring (bicyclic) bond motifs is 1. The van der Waals surface area contributed by atoms with Crippen LogP contribution in [0.3, 0.4) is 0 Å². The number of nitrogens with zero attached hydrogens (tertiary/aromatic N) is 4. The molecule has 176 valence electrons. The highest BCUT2D eigenvalue weighted by Gasteiger charge is 2.23. The molecule has 0 bridgehead atoms. The molecule has 0 atom stereocenters. The molecule has 5 rings (SSSR count). The first kappa shape index (κ1) is 22.1. The summed E-state index contributed by atoms with van der Waals surface area (Å²) >= 11 is 0. The van der Waals surface area contributed by atoms with Gasteiger partial charge in [0.15, 0.2) is 5.65 Å². The third-order valence-electron chi connectivity index (χ3n) is 6.24. The molecular weight excluding hydrogens is 432 g/mol. The average molecular weight is 461 g/mol. The Labute approximate surface area is 197 Å². The van der Waals surface area contributed by atoms with E-state index < -0.39 is 0 Å². The van der Waals surface area contributed by atoms with Crippen LogP contribution in [0.1, 0.15) is 41.4 Å². The Morgan fingerprint density at radius 2 is 1.97 bits per heavy atom. The molecule has 1 aliphatic heterocycles. The average Bonchev–Trinajstić information content (AvgIpc) is 3.47. The molecule has 34 heavy (non-hydrogen) atoms. The van der Waals surface area contributed by atoms with Gasteiger partial charge in [0.25, 0.3) is 5.91 Å². The highest BCUT2D eigenvalue weighted by Crippen LogP contribution is 2.29. The summed E-state index contributed by atoms with van der Waals surface area (Å²) in [5.41, 5.74) is 4.54. The SMILES string of the molecule is CCn1ncc2c(NC3CCOCC3)c(C(=O)NCc3c(-c4ccccc4)noc3C)cnc21. The van der Waals surface area contributed by atoms with E-state index in [4.69, 9.17) is 9.26 Å². The number of ether oxygens (including phenoxy) is 1. The second-order valence-corrected chi connectivity index (χ2v) is 8.39. The predicted molar refractivity (Wildman–Crippen MR) is 129 cm³/mol. The summed E-state index contributed by atoms with van der Waals surface area (Å²) in [5, 5.41) is 16.1. The summed E-state index contributed by atoms with van der Waals surface area (Å²) in [7, 11) is 0. The first-order valence-electron chi connectivity index (χ1n) is 11.6. The van der Waals surface area contributed by atoms with Crippen molar-refractivity contribution >= 4 is 22.6 Å². The van der Waals surface area contributed by atoms with Crippen molar-refractivity contribution in [3.05, 3.63) is 59.6 Å². The summed E-state index contributed by atoms with van der Waals surface area (Å²) in [4.78, 5) is 17.9. The Morgan fingerprint density at radius 1 is 1.18 bits per heavy atom. The summed E-state index contributed by atoms with van der Waals surface area (Å²) in [6.07, 6.45) is 5.17. The third-order valence-corrected chi connectivity index (χ3v) is 6.24. The van der Waals surface area contributed by atoms with E-state index >= 15 is 0 Å². The highest BCUT2D eigenvalue weighted by molar-refractivity contribution is 6.06. The monoisotopic (exact) mass is 460 g/mol. The molecule has 0 spiro atoms. The number of hydrogen-bond donors (Lipinski definition) is 2. The van der Waals surface area contributed by atoms with Crippen molar-refractivity contribution in [2.45, 2.75) is 45.8 Å². The number of pyridine rings is 1. The van der Waals surface area contributed by atoms with Crippen LogP contribution in [0.5, 0.6) is 0 Å². The van der Waals surface area contributed by atoms with Crippen LogP contribution in [0.25, 0.3) is 22.3 Å². The van der Waals surface area contributed by atoms with Crippen molar-refractivity contribution in [3.63, 3.8) is 0 Å². The molecule has 0 aliphatic carbocycles. The normalized spacial score (nSPS) is 14.4. The van der Waals surface area contributed by atoms with Crippen molar-refractivity contribution in [3.8, 4) is 11.3 Å². The largest absolute Gasteiger partial charge is 0.381 e. The topological polar surface area (TPSA) is 107 Å². The fourth-order valence-electron chi connectivity index (χ4n) is 4.32. The van der Waals surface area contributed by atoms with E-state index in [9.17, 15) is 4.79 Å². The third kappa shape index (κ3) is 4.26. The van der Waals surface area contributed by atoms with E-state index in [-0.39, 0.29) is 11.9 Å². The van der Waals surface area contributed by atoms with Crippen molar-refractivity contribution in [2.24, 2.45) is 0 Å². The number of anilines is 1. The molecule has 0 saturated carbocycles. The minimum atomic E-state index is -0.215. The van der Waals surface area contributed by atoms with Gasteiger partial charge >= 0.3 is 0 Å². The standard InChI is InChI=1S/C25H28N6O3/c1-3-31-24-20(15-28-31)23(29-18-9-11-33-12-10-18)21(14-26-24)25(32)27-13-19-16(2)34-30-22(19)17-7-5-4-6-8-17/h4-8,14-15,18H,3,9-13H2,1-2H3,(H,26,29)(H,27,32). The van der Waals surface area contributed by atoms with Gasteiger partial charge in [-0.2, -0.15) is 5.10 Å². The predicted octanol–water partition coefficient (Wildman–Crippen LogP) is 3.94. The molecule has 0 unspecified atom stereocenters. The number of aryl methyl sites for hydroxylation is 2. The van der Waals surface area contributed by atoms with E-state index in [0.29, 0.717) is 37.6 Å². The number of rotatable bonds is 7. The number of carbonyl (C=O) groups excluding carboxylic acids is 1. The molecule has 1 aliphatic rings. The lowest BCUT2D eigenvalue weighted by atomic mass is 10.1. The number of hydrogen-bond acceptors (Lipinski definition) is 7. The molecule has 1 aromatic carbocycles. The zero-order chi connectivity index (χ0) is 23.5. The molecule has 4 heterocycles. The van der Waals surface area contributed by atoms with Crippen molar-refractivity contribution in [1.82, 2.24) is 25.2 Å². The van der Waals surface area contributed by atoms with Gasteiger partial charge in [0, 0.05) is 49.7 Å². The van der Waals surface area contributed by atoms with E-state index in [2.05, 4.69) is 25.9 Å². The van der Waals surface area contributed by atoms with Crippen molar-refractivity contribution < 1.29 is 14.1 Å². The molecule has 1 fully saturated rings. The molecule has 0 radical (unpaired) electrons. The second-order valence-electron chi connectivity index (χ2n) is 8.39. The van der Waals surface area contributed by atoms with E-state index in [1.165, 1.54) is 0 Å². The minimum absolute atomic E-state index is 0.215. The van der Waals surface area contributed by atoms with Crippen LogP contribution in [-0.2, 0) is 17.8 Å². The number of benzene rings is 1. The van der Waals surface area contributed by atoms with Crippen LogP contribution in [0.15, 0.2) is 47.2 Å². The Balaban J connectivity index is 1.43. The lowest BCUT2D eigenvalue weighted by Crippen LogP contribution is -2.30. The molecule has 3 aromatic heterocycles. The van der Waals surface area contributed by atoms with Gasteiger partial charge in [0.2, 0.25) is 0 Å². The number of nitrogens with one attached hydrogen (secondary N) is 2. The summed E-state index contributed by atoms with van der Waals surface area (Å²) in [5.74, 6) is 0.463. The van der Waals surface area contributed by atoms with Gasteiger partial charge in [0.05, 0.1) is 22.8 Å². The quantitative estimate of drug-likeness (QED) is 0.430. The van der Waals surface area contributed by atoms with Crippen LogP contribution in [-0.4, -0.2) is 45.1 Å². The molecular formula is C25H28N6O3. The summed E-state index contributed by atoms with van der Waals surface area (Å²) in [6.45, 7) is 6.28. The summed E-state index contributed by atoms with van der Waals surface area (Å²) in [6, 6.07) is 10.0. The maximum atomic E-state index is 13.4. The molecule has 4 aromatic rings. The zero-order valence-electron chi connectivity index (χ0n) is 19.4. The van der Waals surface area contributed by atoms with Gasteiger partial charge in [-0.25, -0.2) is 9.67 Å². The maximum Gasteiger partial charge on any atom is 0.255 e. The first-order chi connectivity index (χ1) is 16.7. The van der Waals surface area contributed by atoms with Gasteiger partial charge in [0.1, 0.15) is 11.5 Å². The molecule has 9 nitrogen and oxygen atoms in total. The fourth-order valence-corrected chi connectivity index (χ4v) is 4.32. The van der Waals surface area contributed by atoms with Crippen LogP contribution >= 0.6 is 0 Å². The Morgan fingerprint density at radius 3 is 2.74 bits per heavy atom. The van der Waals surface area contributed by atoms with E-state index in [1.54, 1.807) is 12.4 Å². The van der Waals surface area contributed by atoms with Gasteiger partial charge < -0.3 is 19.9 Å². The lowest BCUT2D eigenvalue weighted by molar-refractivity contribution is 0.0904. The Bertz CT molecular complexity index is 1290. The highest BCUT2D eigenvalue weighted by atomic mass is 16.5. The van der Waals surface area contributed by atoms with Crippen LogP contribution in [0, 0.1) is 6.92 Å². The maximum absolute atomic E-state index is 13.4. The van der Waals surface area contributed by atoms with Crippen LogP contribution in [0.2, 0.25) is 0 Å². The smallest absolute Gasteiger partial charge is 0.255 e. The number of amides is 1. The fraction of sp³-hybridized carbons (Fsp3) is 0.360. The first-order valence-corrected chi connectivity index (χ1v) is 11.6. The number of aromatic nitrogens is 4. The second kappa shape index (κ2) is 9.64. The van der Waals surface area contributed by atoms with Crippen LogP contribution < -0.4 is 10.6 Å². The molecule has 1 saturated heterocycles. The Hall–Kier alpha value is -3.72. The number of carbonyl (C=O) groups is 1. The minimum Gasteiger partial charge on any atom is -0.381 e. The van der Waals surface area contributed by atoms with Crippen LogP contribution in [0.4, 0.5) is 5.69 Å². The van der Waals surface area contributed by atoms with E-state index in [0.717, 1.165) is 46.4 Å². The van der Waals surface area contributed by atoms with Crippen molar-refractivity contribution in [2.75, 3.05) is 18.5 Å². The van der Waals surface area contributed by atoms with Gasteiger partial charge in [-0.05, 0) is 26.7 Å². The molecule has 1 amide bonds.